The van der Waals surface area contributed by atoms with Gasteiger partial charge in [0, 0.05) is 16.2 Å². The molecule has 0 aliphatic heterocycles. The molecule has 0 saturated heterocycles. The fraction of sp³-hybridized carbons (Fsp3) is 0.571. The molecule has 0 saturated carbocycles. The third-order valence-corrected chi connectivity index (χ3v) is 13.9. The minimum Gasteiger partial charge on any atom is -0.543 e. The highest BCUT2D eigenvalue weighted by Crippen LogP contribution is 2.47. The van der Waals surface area contributed by atoms with Crippen molar-refractivity contribution in [1.29, 1.82) is 0 Å². The maximum absolute atomic E-state index is 13.1. The van der Waals surface area contributed by atoms with Crippen molar-refractivity contribution in [3.05, 3.63) is 23.1 Å². The Morgan fingerprint density at radius 2 is 1.55 bits per heavy atom. The lowest BCUT2D eigenvalue weighted by Gasteiger charge is -2.42. The van der Waals surface area contributed by atoms with Gasteiger partial charge in [0.2, 0.25) is 0 Å². The van der Waals surface area contributed by atoms with Gasteiger partial charge in [-0.2, -0.15) is 21.6 Å². The maximum atomic E-state index is 13.1. The van der Waals surface area contributed by atoms with E-state index in [9.17, 15) is 31.5 Å². The first-order valence-electron chi connectivity index (χ1n) is 10.4. The summed E-state index contributed by atoms with van der Waals surface area (Å²) in [4.78, 5) is 11.5. The van der Waals surface area contributed by atoms with Crippen LogP contribution in [0.5, 0.6) is 11.5 Å². The number of carboxylic acid groups (broad SMARTS) is 1. The van der Waals surface area contributed by atoms with E-state index in [-0.39, 0.29) is 33.3 Å². The lowest BCUT2D eigenvalue weighted by Crippen LogP contribution is -2.50. The van der Waals surface area contributed by atoms with Gasteiger partial charge in [0.05, 0.1) is 5.92 Å². The lowest BCUT2D eigenvalue weighted by molar-refractivity contribution is -0.138. The van der Waals surface area contributed by atoms with E-state index in [1.807, 2.05) is 41.5 Å². The zero-order chi connectivity index (χ0) is 25.5. The molecule has 1 atom stereocenters. The van der Waals surface area contributed by atoms with Crippen molar-refractivity contribution in [3.63, 3.8) is 0 Å². The number of thiophene rings is 1. The first-order chi connectivity index (χ1) is 15.0. The zero-order valence-corrected chi connectivity index (χ0v) is 22.1. The summed E-state index contributed by atoms with van der Waals surface area (Å²) in [5, 5.41) is 10.9. The maximum Gasteiger partial charge on any atom is 0.534 e. The number of halogens is 3. The number of rotatable bonds is 9. The Balaban J connectivity index is 2.79. The van der Waals surface area contributed by atoms with Crippen molar-refractivity contribution < 1.29 is 40.1 Å². The van der Waals surface area contributed by atoms with Crippen LogP contribution < -0.4 is 8.61 Å². The predicted octanol–water partition coefficient (Wildman–Crippen LogP) is 6.87. The Morgan fingerprint density at radius 3 is 1.97 bits per heavy atom. The molecule has 12 heteroatoms. The highest BCUT2D eigenvalue weighted by atomic mass is 32.2. The molecule has 0 aliphatic rings. The number of carbonyl (C=O) groups is 1. The van der Waals surface area contributed by atoms with Crippen LogP contribution in [-0.4, -0.2) is 33.3 Å². The molecule has 2 rings (SSSR count). The van der Waals surface area contributed by atoms with Crippen LogP contribution >= 0.6 is 11.3 Å². The molecule has 0 bridgehead atoms. The van der Waals surface area contributed by atoms with Gasteiger partial charge in [-0.25, -0.2) is 0 Å². The molecule has 1 unspecified atom stereocenters. The fourth-order valence-electron chi connectivity index (χ4n) is 4.43. The van der Waals surface area contributed by atoms with Crippen molar-refractivity contribution >= 4 is 45.8 Å². The van der Waals surface area contributed by atoms with Crippen LogP contribution in [-0.2, 0) is 14.9 Å². The van der Waals surface area contributed by atoms with Crippen molar-refractivity contribution in [1.82, 2.24) is 0 Å². The molecule has 2 aromatic rings. The van der Waals surface area contributed by atoms with E-state index in [4.69, 9.17) is 4.43 Å². The Labute approximate surface area is 197 Å². The summed E-state index contributed by atoms with van der Waals surface area (Å²) in [6, 6.07) is 2.74. The average Bonchev–Trinajstić information content (AvgIpc) is 3.07. The number of alkyl halides is 3. The Hall–Kier alpha value is -1.79. The highest BCUT2D eigenvalue weighted by Gasteiger charge is 2.49. The van der Waals surface area contributed by atoms with Crippen LogP contribution in [0.4, 0.5) is 13.2 Å². The second-order valence-electron chi connectivity index (χ2n) is 8.95. The average molecular weight is 527 g/mol. The topological polar surface area (TPSA) is 89.9 Å². The van der Waals surface area contributed by atoms with Crippen molar-refractivity contribution in [3.8, 4) is 11.5 Å². The number of fused-ring (bicyclic) bond motifs is 1. The molecule has 1 aromatic carbocycles. The molecule has 33 heavy (non-hydrogen) atoms. The van der Waals surface area contributed by atoms with Gasteiger partial charge in [0.25, 0.3) is 8.32 Å². The summed E-state index contributed by atoms with van der Waals surface area (Å²) in [5.41, 5.74) is -5.01. The van der Waals surface area contributed by atoms with Crippen LogP contribution in [0.3, 0.4) is 0 Å². The van der Waals surface area contributed by atoms with Crippen LogP contribution in [0, 0.1) is 0 Å². The number of hydrogen-bond donors (Lipinski definition) is 1. The standard InChI is InChI=1S/C21H29F3O6S2Si/c1-11(2)33(12(3)4,13(5)6)30-15-8-17(29-32(27,28)21(22,23)24)19-16(14(7)20(25)26)10-31-18(19)9-15/h8-14H,1-7H3,(H,25,26). The number of benzene rings is 1. The smallest absolute Gasteiger partial charge is 0.534 e. The normalized spacial score (nSPS) is 14.3. The fourth-order valence-corrected chi connectivity index (χ4v) is 11.2. The minimum atomic E-state index is -5.98. The van der Waals surface area contributed by atoms with E-state index in [1.54, 1.807) is 6.07 Å². The van der Waals surface area contributed by atoms with Crippen LogP contribution in [0.25, 0.3) is 10.1 Å². The van der Waals surface area contributed by atoms with E-state index < -0.39 is 41.6 Å². The summed E-state index contributed by atoms with van der Waals surface area (Å²) >= 11 is 1.09. The number of hydrogen-bond acceptors (Lipinski definition) is 6. The summed E-state index contributed by atoms with van der Waals surface area (Å²) in [7, 11) is -8.50. The Bertz CT molecular complexity index is 1100. The second kappa shape index (κ2) is 9.45. The summed E-state index contributed by atoms with van der Waals surface area (Å²) in [6.45, 7) is 13.6. The van der Waals surface area contributed by atoms with Crippen molar-refractivity contribution in [2.45, 2.75) is 76.5 Å². The van der Waals surface area contributed by atoms with Gasteiger partial charge in [-0.05, 0) is 40.6 Å². The molecule has 0 aliphatic carbocycles. The van der Waals surface area contributed by atoms with Gasteiger partial charge in [-0.3, -0.25) is 4.79 Å². The molecule has 0 spiro atoms. The Morgan fingerprint density at radius 1 is 1.03 bits per heavy atom. The van der Waals surface area contributed by atoms with Gasteiger partial charge in [-0.15, -0.1) is 11.3 Å². The molecule has 1 N–H and O–H groups in total. The molecule has 6 nitrogen and oxygen atoms in total. The van der Waals surface area contributed by atoms with E-state index in [1.165, 1.54) is 12.3 Å². The molecule has 186 valence electrons. The van der Waals surface area contributed by atoms with Gasteiger partial charge in [0.15, 0.2) is 5.75 Å². The quantitative estimate of drug-likeness (QED) is 0.218. The lowest BCUT2D eigenvalue weighted by atomic mass is 10.00. The van der Waals surface area contributed by atoms with Gasteiger partial charge >= 0.3 is 21.6 Å². The van der Waals surface area contributed by atoms with E-state index >= 15 is 0 Å². The monoisotopic (exact) mass is 526 g/mol. The molecule has 0 radical (unpaired) electrons. The Kier molecular flexibility index (Phi) is 7.86. The molecule has 0 fully saturated rings. The largest absolute Gasteiger partial charge is 0.543 e. The van der Waals surface area contributed by atoms with Crippen LogP contribution in [0.2, 0.25) is 16.6 Å². The SMILES string of the molecule is CC(C(=O)O)c1csc2cc(O[Si](C(C)C)(C(C)C)C(C)C)cc(OS(=O)(=O)C(F)(F)F)c12. The van der Waals surface area contributed by atoms with E-state index in [0.717, 1.165) is 17.4 Å². The third kappa shape index (κ3) is 5.17. The van der Waals surface area contributed by atoms with E-state index in [0.29, 0.717) is 4.70 Å². The van der Waals surface area contributed by atoms with Crippen LogP contribution in [0.1, 0.15) is 59.9 Å². The first-order valence-corrected chi connectivity index (χ1v) is 14.9. The highest BCUT2D eigenvalue weighted by molar-refractivity contribution is 7.88. The third-order valence-electron chi connectivity index (χ3n) is 5.96. The summed E-state index contributed by atoms with van der Waals surface area (Å²) in [6.07, 6.45) is 0. The second-order valence-corrected chi connectivity index (χ2v) is 16.8. The van der Waals surface area contributed by atoms with Gasteiger partial charge in [0.1, 0.15) is 5.75 Å². The first kappa shape index (κ1) is 27.5. The predicted molar refractivity (Wildman–Crippen MR) is 125 cm³/mol. The molecule has 1 aromatic heterocycles. The summed E-state index contributed by atoms with van der Waals surface area (Å²) < 4.78 is 74.4. The summed E-state index contributed by atoms with van der Waals surface area (Å²) in [5.74, 6) is -2.68. The zero-order valence-electron chi connectivity index (χ0n) is 19.5. The molecular weight excluding hydrogens is 497 g/mol. The molecule has 1 heterocycles. The van der Waals surface area contributed by atoms with E-state index in [2.05, 4.69) is 4.18 Å². The van der Waals surface area contributed by atoms with Crippen LogP contribution in [0.15, 0.2) is 17.5 Å². The molecule has 0 amide bonds. The van der Waals surface area contributed by atoms with Gasteiger partial charge in [-0.1, -0.05) is 41.5 Å². The number of aliphatic carboxylic acids is 1. The van der Waals surface area contributed by atoms with Crippen molar-refractivity contribution in [2.24, 2.45) is 0 Å². The minimum absolute atomic E-state index is 0.0148. The molecular formula is C21H29F3O6S2Si. The van der Waals surface area contributed by atoms with Gasteiger partial charge < -0.3 is 13.7 Å². The number of carboxylic acids is 1. The van der Waals surface area contributed by atoms with Crippen molar-refractivity contribution in [2.75, 3.05) is 0 Å².